The van der Waals surface area contributed by atoms with Crippen LogP contribution in [0, 0.1) is 0 Å². The summed E-state index contributed by atoms with van der Waals surface area (Å²) >= 11 is 0. The third kappa shape index (κ3) is 6.89. The zero-order valence-electron chi connectivity index (χ0n) is 11.9. The molecule has 114 valence electrons. The van der Waals surface area contributed by atoms with E-state index in [-0.39, 0.29) is 12.4 Å². The van der Waals surface area contributed by atoms with Gasteiger partial charge in [0.05, 0.1) is 5.56 Å². The molecule has 0 amide bonds. The zero-order chi connectivity index (χ0) is 14.1. The summed E-state index contributed by atoms with van der Waals surface area (Å²) in [5, 5.41) is 17.1. The van der Waals surface area contributed by atoms with Crippen molar-refractivity contribution in [1.82, 2.24) is 4.90 Å². The maximum Gasteiger partial charge on any atom is 0.335 e. The summed E-state index contributed by atoms with van der Waals surface area (Å²) in [6.07, 6.45) is 4.90. The summed E-state index contributed by atoms with van der Waals surface area (Å²) in [7, 11) is 2.15. The van der Waals surface area contributed by atoms with E-state index in [4.69, 9.17) is 10.2 Å². The van der Waals surface area contributed by atoms with Gasteiger partial charge in [0, 0.05) is 12.6 Å². The van der Waals surface area contributed by atoms with Crippen molar-refractivity contribution < 1.29 is 15.0 Å². The number of aliphatic hydroxyl groups is 1. The fraction of sp³-hybridized carbons (Fsp3) is 0.533. The molecule has 1 aromatic carbocycles. The van der Waals surface area contributed by atoms with Crippen molar-refractivity contribution in [3.8, 4) is 0 Å². The van der Waals surface area contributed by atoms with Crippen LogP contribution in [0.1, 0.15) is 36.0 Å². The van der Waals surface area contributed by atoms with Gasteiger partial charge in [0.1, 0.15) is 0 Å². The van der Waals surface area contributed by atoms with E-state index in [9.17, 15) is 4.79 Å². The van der Waals surface area contributed by atoms with Crippen LogP contribution in [0.3, 0.4) is 0 Å². The van der Waals surface area contributed by atoms with Crippen molar-refractivity contribution >= 4 is 18.4 Å². The van der Waals surface area contributed by atoms with E-state index >= 15 is 0 Å². The quantitative estimate of drug-likeness (QED) is 0.901. The average Bonchev–Trinajstić information content (AvgIpc) is 2.43. The van der Waals surface area contributed by atoms with Crippen molar-refractivity contribution in [3.05, 3.63) is 35.9 Å². The lowest BCUT2D eigenvalue weighted by Gasteiger charge is -2.31. The fourth-order valence-corrected chi connectivity index (χ4v) is 2.24. The minimum absolute atomic E-state index is 0. The largest absolute Gasteiger partial charge is 0.478 e. The Morgan fingerprint density at radius 1 is 1.30 bits per heavy atom. The molecule has 0 radical (unpaired) electrons. The van der Waals surface area contributed by atoms with Crippen molar-refractivity contribution in [2.24, 2.45) is 0 Å². The first-order chi connectivity index (χ1) is 9.15. The molecule has 1 aliphatic heterocycles. The Morgan fingerprint density at radius 2 is 1.95 bits per heavy atom. The number of carboxylic acid groups (broad SMARTS) is 1. The van der Waals surface area contributed by atoms with Gasteiger partial charge in [-0.3, -0.25) is 0 Å². The zero-order valence-corrected chi connectivity index (χ0v) is 12.7. The number of likely N-dealkylation sites (tertiary alicyclic amines) is 1. The van der Waals surface area contributed by atoms with Gasteiger partial charge in [-0.15, -0.1) is 12.4 Å². The summed E-state index contributed by atoms with van der Waals surface area (Å²) in [5.74, 6) is -0.879. The second-order valence-corrected chi connectivity index (χ2v) is 4.81. The third-order valence-corrected chi connectivity index (χ3v) is 3.40. The van der Waals surface area contributed by atoms with E-state index in [0.29, 0.717) is 18.2 Å². The molecule has 1 aromatic rings. The number of piperidine rings is 1. The Kier molecular flexibility index (Phi) is 10.1. The van der Waals surface area contributed by atoms with Crippen LogP contribution in [0.5, 0.6) is 0 Å². The number of aromatic carboxylic acids is 1. The van der Waals surface area contributed by atoms with Gasteiger partial charge < -0.3 is 15.1 Å². The molecule has 20 heavy (non-hydrogen) atoms. The second-order valence-electron chi connectivity index (χ2n) is 4.81. The Morgan fingerprint density at radius 3 is 2.40 bits per heavy atom. The Labute approximate surface area is 126 Å². The van der Waals surface area contributed by atoms with Gasteiger partial charge in [0.2, 0.25) is 0 Å². The lowest BCUT2D eigenvalue weighted by molar-refractivity contribution is 0.0697. The number of halogens is 1. The highest BCUT2D eigenvalue weighted by atomic mass is 35.5. The first kappa shape index (κ1) is 18.9. The molecule has 0 aliphatic carbocycles. The summed E-state index contributed by atoms with van der Waals surface area (Å²) in [4.78, 5) is 12.6. The number of aliphatic hydroxyl groups excluding tert-OH is 1. The number of hydrogen-bond donors (Lipinski definition) is 2. The minimum Gasteiger partial charge on any atom is -0.478 e. The van der Waals surface area contributed by atoms with Crippen LogP contribution in [-0.4, -0.2) is 47.3 Å². The molecule has 0 aromatic heterocycles. The van der Waals surface area contributed by atoms with Crippen molar-refractivity contribution in [2.45, 2.75) is 31.7 Å². The molecule has 1 atom stereocenters. The Balaban J connectivity index is 0.000000345. The van der Waals surface area contributed by atoms with E-state index in [1.165, 1.54) is 25.8 Å². The molecule has 1 saturated heterocycles. The van der Waals surface area contributed by atoms with Crippen LogP contribution in [0.25, 0.3) is 0 Å². The number of benzene rings is 1. The second kappa shape index (κ2) is 10.7. The minimum atomic E-state index is -0.879. The van der Waals surface area contributed by atoms with E-state index in [1.54, 1.807) is 30.3 Å². The lowest BCUT2D eigenvalue weighted by Crippen LogP contribution is -2.36. The molecule has 1 fully saturated rings. The Hall–Kier alpha value is -1.10. The highest BCUT2D eigenvalue weighted by Crippen LogP contribution is 2.16. The maximum atomic E-state index is 10.2. The summed E-state index contributed by atoms with van der Waals surface area (Å²) in [6.45, 7) is 1.56. The van der Waals surface area contributed by atoms with Crippen LogP contribution in [0.15, 0.2) is 30.3 Å². The summed E-state index contributed by atoms with van der Waals surface area (Å²) < 4.78 is 0. The van der Waals surface area contributed by atoms with Gasteiger partial charge in [0.25, 0.3) is 0 Å². The van der Waals surface area contributed by atoms with Crippen molar-refractivity contribution in [3.63, 3.8) is 0 Å². The molecular weight excluding hydrogens is 278 g/mol. The smallest absolute Gasteiger partial charge is 0.335 e. The number of hydrogen-bond acceptors (Lipinski definition) is 3. The highest BCUT2D eigenvalue weighted by Gasteiger charge is 2.17. The molecule has 1 heterocycles. The monoisotopic (exact) mass is 301 g/mol. The van der Waals surface area contributed by atoms with Gasteiger partial charge >= 0.3 is 5.97 Å². The predicted molar refractivity (Wildman–Crippen MR) is 82.6 cm³/mol. The number of nitrogens with zero attached hydrogens (tertiary/aromatic N) is 1. The van der Waals surface area contributed by atoms with E-state index in [2.05, 4.69) is 11.9 Å². The van der Waals surface area contributed by atoms with Gasteiger partial charge in [-0.1, -0.05) is 24.6 Å². The highest BCUT2D eigenvalue weighted by molar-refractivity contribution is 5.87. The molecule has 4 nitrogen and oxygen atoms in total. The first-order valence-electron chi connectivity index (χ1n) is 6.74. The van der Waals surface area contributed by atoms with Crippen LogP contribution in [0.4, 0.5) is 0 Å². The molecule has 0 bridgehead atoms. The third-order valence-electron chi connectivity index (χ3n) is 3.40. The Bertz CT molecular complexity index is 371. The molecule has 0 spiro atoms. The van der Waals surface area contributed by atoms with E-state index in [0.717, 1.165) is 6.42 Å². The summed E-state index contributed by atoms with van der Waals surface area (Å²) in [6, 6.07) is 8.95. The van der Waals surface area contributed by atoms with Gasteiger partial charge in [0.15, 0.2) is 0 Å². The molecule has 2 rings (SSSR count). The van der Waals surface area contributed by atoms with Crippen LogP contribution in [-0.2, 0) is 0 Å². The molecule has 1 unspecified atom stereocenters. The molecule has 2 N–H and O–H groups in total. The SMILES string of the molecule is CN1CCCCC1CCO.Cl.O=C(O)c1ccccc1. The maximum absolute atomic E-state index is 10.2. The van der Waals surface area contributed by atoms with Crippen molar-refractivity contribution in [2.75, 3.05) is 20.2 Å². The fourth-order valence-electron chi connectivity index (χ4n) is 2.24. The van der Waals surface area contributed by atoms with Crippen molar-refractivity contribution in [1.29, 1.82) is 0 Å². The topological polar surface area (TPSA) is 60.8 Å². The predicted octanol–water partition coefficient (Wildman–Crippen LogP) is 2.66. The van der Waals surface area contributed by atoms with Crippen LogP contribution < -0.4 is 0 Å². The normalized spacial score (nSPS) is 18.4. The average molecular weight is 302 g/mol. The first-order valence-corrected chi connectivity index (χ1v) is 6.74. The lowest BCUT2D eigenvalue weighted by atomic mass is 10.0. The van der Waals surface area contributed by atoms with E-state index < -0.39 is 5.97 Å². The van der Waals surface area contributed by atoms with Gasteiger partial charge in [-0.25, -0.2) is 4.79 Å². The number of carboxylic acids is 1. The molecular formula is C15H24ClNO3. The van der Waals surface area contributed by atoms with E-state index in [1.807, 2.05) is 0 Å². The number of rotatable bonds is 3. The summed E-state index contributed by atoms with van der Waals surface area (Å²) in [5.41, 5.74) is 0.331. The standard InChI is InChI=1S/C8H17NO.C7H6O2.ClH/c1-9-6-3-2-4-8(9)5-7-10;8-7(9)6-4-2-1-3-5-6;/h8,10H,2-7H2,1H3;1-5H,(H,8,9);1H. The van der Waals surface area contributed by atoms with Gasteiger partial charge in [-0.05, 0) is 45.0 Å². The van der Waals surface area contributed by atoms with Crippen LogP contribution in [0.2, 0.25) is 0 Å². The van der Waals surface area contributed by atoms with Crippen LogP contribution >= 0.6 is 12.4 Å². The molecule has 5 heteroatoms. The molecule has 1 aliphatic rings. The molecule has 0 saturated carbocycles. The van der Waals surface area contributed by atoms with Gasteiger partial charge in [-0.2, -0.15) is 0 Å². The number of carbonyl (C=O) groups is 1.